The molecule has 0 aromatic carbocycles. The van der Waals surface area contributed by atoms with E-state index in [0.29, 0.717) is 25.7 Å². The zero-order valence-corrected chi connectivity index (χ0v) is 15.7. The molecule has 0 radical (unpaired) electrons. The van der Waals surface area contributed by atoms with Crippen LogP contribution in [-0.2, 0) is 9.59 Å². The van der Waals surface area contributed by atoms with Gasteiger partial charge in [-0.3, -0.25) is 14.6 Å². The van der Waals surface area contributed by atoms with Gasteiger partial charge in [0, 0.05) is 30.9 Å². The van der Waals surface area contributed by atoms with Crippen molar-refractivity contribution in [2.45, 2.75) is 69.1 Å². The number of rotatable bonds is 5. The highest BCUT2D eigenvalue weighted by Gasteiger charge is 2.47. The summed E-state index contributed by atoms with van der Waals surface area (Å²) in [7, 11) is 0. The number of carbonyl (C=O) groups excluding carboxylic acids is 2. The van der Waals surface area contributed by atoms with Crippen molar-refractivity contribution in [1.82, 2.24) is 20.5 Å². The minimum absolute atomic E-state index is 0.0240. The van der Waals surface area contributed by atoms with Crippen LogP contribution >= 0.6 is 0 Å². The fraction of sp³-hybridized carbons (Fsp3) is 0.600. The quantitative estimate of drug-likeness (QED) is 0.715. The van der Waals surface area contributed by atoms with Gasteiger partial charge in [0.05, 0.1) is 18.0 Å². The molecule has 2 heterocycles. The number of urea groups is 1. The standard InChI is InChI=1S/C20H26N4O4/c25-17-10-16(18(24(17)15-7-8-15)13-2-1-9-21-11-13)23-20(28)22-14-5-3-12(4-6-14)19(26)27/h1-2,9,11-12,14-16,18H,3-8,10H2,(H,26,27)(H2,22,23,28)/t12?,14?,16-,18+/m1/s1. The van der Waals surface area contributed by atoms with E-state index in [4.69, 9.17) is 5.11 Å². The van der Waals surface area contributed by atoms with E-state index in [0.717, 1.165) is 18.4 Å². The Kier molecular flexibility index (Phi) is 5.19. The first-order valence-electron chi connectivity index (χ1n) is 10.0. The highest BCUT2D eigenvalue weighted by atomic mass is 16.4. The van der Waals surface area contributed by atoms with Crippen molar-refractivity contribution in [2.75, 3.05) is 0 Å². The largest absolute Gasteiger partial charge is 0.481 e. The van der Waals surface area contributed by atoms with Gasteiger partial charge >= 0.3 is 12.0 Å². The summed E-state index contributed by atoms with van der Waals surface area (Å²) in [5, 5.41) is 15.1. The van der Waals surface area contributed by atoms with Crippen LogP contribution in [0.4, 0.5) is 4.79 Å². The SMILES string of the molecule is O=C(NC1CCC(C(=O)O)CC1)N[C@@H]1CC(=O)N(C2CC2)[C@H]1c1cccnc1. The Bertz CT molecular complexity index is 744. The fourth-order valence-electron chi connectivity index (χ4n) is 4.49. The number of amides is 3. The number of aromatic nitrogens is 1. The fourth-order valence-corrected chi connectivity index (χ4v) is 4.49. The Morgan fingerprint density at radius 2 is 1.86 bits per heavy atom. The third-order valence-corrected chi connectivity index (χ3v) is 6.06. The van der Waals surface area contributed by atoms with Gasteiger partial charge in [-0.15, -0.1) is 0 Å². The molecule has 2 aliphatic carbocycles. The topological polar surface area (TPSA) is 112 Å². The second-order valence-electron chi connectivity index (χ2n) is 8.08. The monoisotopic (exact) mass is 386 g/mol. The van der Waals surface area contributed by atoms with E-state index in [1.165, 1.54) is 0 Å². The number of pyridine rings is 1. The summed E-state index contributed by atoms with van der Waals surface area (Å²) in [5.41, 5.74) is 0.938. The van der Waals surface area contributed by atoms with Crippen LogP contribution in [0.25, 0.3) is 0 Å². The van der Waals surface area contributed by atoms with Crippen molar-refractivity contribution < 1.29 is 19.5 Å². The normalized spacial score (nSPS) is 30.1. The van der Waals surface area contributed by atoms with Crippen LogP contribution in [0.1, 0.15) is 56.6 Å². The molecule has 4 rings (SSSR count). The predicted octanol–water partition coefficient (Wildman–Crippen LogP) is 1.83. The summed E-state index contributed by atoms with van der Waals surface area (Å²) in [6, 6.07) is 3.26. The van der Waals surface area contributed by atoms with Crippen molar-refractivity contribution in [2.24, 2.45) is 5.92 Å². The molecule has 2 saturated carbocycles. The number of nitrogens with one attached hydrogen (secondary N) is 2. The van der Waals surface area contributed by atoms with Crippen molar-refractivity contribution in [3.63, 3.8) is 0 Å². The summed E-state index contributed by atoms with van der Waals surface area (Å²) in [6.07, 6.45) is 8.24. The molecular weight excluding hydrogens is 360 g/mol. The molecule has 1 aliphatic heterocycles. The number of carboxylic acids is 1. The van der Waals surface area contributed by atoms with Crippen LogP contribution in [0, 0.1) is 5.92 Å². The molecule has 3 fully saturated rings. The van der Waals surface area contributed by atoms with Gasteiger partial charge in [0.15, 0.2) is 0 Å². The smallest absolute Gasteiger partial charge is 0.315 e. The highest BCUT2D eigenvalue weighted by molar-refractivity contribution is 5.83. The van der Waals surface area contributed by atoms with Crippen LogP contribution in [0.15, 0.2) is 24.5 Å². The lowest BCUT2D eigenvalue weighted by molar-refractivity contribution is -0.142. The Balaban J connectivity index is 1.39. The van der Waals surface area contributed by atoms with Gasteiger partial charge in [0.2, 0.25) is 5.91 Å². The van der Waals surface area contributed by atoms with Gasteiger partial charge in [-0.2, -0.15) is 0 Å². The molecule has 3 N–H and O–H groups in total. The maximum absolute atomic E-state index is 12.6. The van der Waals surface area contributed by atoms with Crippen molar-refractivity contribution >= 4 is 17.9 Å². The van der Waals surface area contributed by atoms with Gasteiger partial charge in [-0.25, -0.2) is 4.79 Å². The molecular formula is C20H26N4O4. The van der Waals surface area contributed by atoms with E-state index in [-0.39, 0.29) is 48.4 Å². The average Bonchev–Trinajstić information content (AvgIpc) is 3.46. The maximum Gasteiger partial charge on any atom is 0.315 e. The molecule has 8 nitrogen and oxygen atoms in total. The Labute approximate surface area is 163 Å². The lowest BCUT2D eigenvalue weighted by atomic mass is 9.86. The first-order valence-corrected chi connectivity index (χ1v) is 10.0. The lowest BCUT2D eigenvalue weighted by Gasteiger charge is -2.30. The minimum Gasteiger partial charge on any atom is -0.481 e. The molecule has 1 aromatic heterocycles. The summed E-state index contributed by atoms with van der Waals surface area (Å²) >= 11 is 0. The summed E-state index contributed by atoms with van der Waals surface area (Å²) in [4.78, 5) is 42.3. The first kappa shape index (κ1) is 18.7. The molecule has 3 aliphatic rings. The van der Waals surface area contributed by atoms with E-state index >= 15 is 0 Å². The number of carboxylic acid groups (broad SMARTS) is 1. The molecule has 1 saturated heterocycles. The second kappa shape index (κ2) is 7.77. The van der Waals surface area contributed by atoms with Crippen LogP contribution < -0.4 is 10.6 Å². The number of aliphatic carboxylic acids is 1. The van der Waals surface area contributed by atoms with E-state index in [2.05, 4.69) is 15.6 Å². The van der Waals surface area contributed by atoms with E-state index in [1.807, 2.05) is 17.0 Å². The van der Waals surface area contributed by atoms with Crippen LogP contribution in [0.3, 0.4) is 0 Å². The molecule has 150 valence electrons. The maximum atomic E-state index is 12.6. The van der Waals surface area contributed by atoms with Crippen LogP contribution in [0.5, 0.6) is 0 Å². The van der Waals surface area contributed by atoms with Gasteiger partial charge < -0.3 is 20.6 Å². The minimum atomic E-state index is -0.758. The molecule has 1 aromatic rings. The second-order valence-corrected chi connectivity index (χ2v) is 8.08. The molecule has 3 amide bonds. The van der Waals surface area contributed by atoms with Crippen LogP contribution in [0.2, 0.25) is 0 Å². The molecule has 2 atom stereocenters. The van der Waals surface area contributed by atoms with Crippen LogP contribution in [-0.4, -0.2) is 51.0 Å². The first-order chi connectivity index (χ1) is 13.5. The molecule has 0 unspecified atom stereocenters. The zero-order chi connectivity index (χ0) is 19.7. The predicted molar refractivity (Wildman–Crippen MR) is 100 cm³/mol. The van der Waals surface area contributed by atoms with Crippen molar-refractivity contribution in [3.8, 4) is 0 Å². The Hall–Kier alpha value is -2.64. The number of nitrogens with zero attached hydrogens (tertiary/aromatic N) is 2. The van der Waals surface area contributed by atoms with E-state index in [9.17, 15) is 14.4 Å². The van der Waals surface area contributed by atoms with E-state index < -0.39 is 5.97 Å². The van der Waals surface area contributed by atoms with Gasteiger partial charge in [-0.05, 0) is 50.2 Å². The summed E-state index contributed by atoms with van der Waals surface area (Å²) < 4.78 is 0. The molecule has 28 heavy (non-hydrogen) atoms. The number of likely N-dealkylation sites (tertiary alicyclic amines) is 1. The number of carbonyl (C=O) groups is 3. The van der Waals surface area contributed by atoms with Gasteiger partial charge in [0.1, 0.15) is 0 Å². The van der Waals surface area contributed by atoms with Gasteiger partial charge in [0.25, 0.3) is 0 Å². The van der Waals surface area contributed by atoms with E-state index in [1.54, 1.807) is 12.4 Å². The third kappa shape index (κ3) is 3.95. The lowest BCUT2D eigenvalue weighted by Crippen LogP contribution is -2.49. The molecule has 0 bridgehead atoms. The zero-order valence-electron chi connectivity index (χ0n) is 15.7. The highest BCUT2D eigenvalue weighted by Crippen LogP contribution is 2.41. The summed E-state index contributed by atoms with van der Waals surface area (Å²) in [6.45, 7) is 0. The third-order valence-electron chi connectivity index (χ3n) is 6.06. The van der Waals surface area contributed by atoms with Crippen molar-refractivity contribution in [1.29, 1.82) is 0 Å². The van der Waals surface area contributed by atoms with Crippen molar-refractivity contribution in [3.05, 3.63) is 30.1 Å². The molecule has 8 heteroatoms. The Morgan fingerprint density at radius 1 is 1.11 bits per heavy atom. The number of hydrogen-bond donors (Lipinski definition) is 3. The average molecular weight is 386 g/mol. The van der Waals surface area contributed by atoms with Gasteiger partial charge in [-0.1, -0.05) is 6.07 Å². The Morgan fingerprint density at radius 3 is 2.46 bits per heavy atom. The molecule has 0 spiro atoms. The number of hydrogen-bond acceptors (Lipinski definition) is 4. The summed E-state index contributed by atoms with van der Waals surface area (Å²) in [5.74, 6) is -0.994.